The van der Waals surface area contributed by atoms with Gasteiger partial charge in [0, 0.05) is 37.1 Å². The fourth-order valence-electron chi connectivity index (χ4n) is 2.72. The Morgan fingerprint density at radius 3 is 2.71 bits per heavy atom. The molecule has 0 radical (unpaired) electrons. The quantitative estimate of drug-likeness (QED) is 0.814. The van der Waals surface area contributed by atoms with Crippen LogP contribution in [0.3, 0.4) is 0 Å². The third-order valence-electron chi connectivity index (χ3n) is 3.87. The summed E-state index contributed by atoms with van der Waals surface area (Å²) in [6.07, 6.45) is 5.38. The molecule has 0 aliphatic carbocycles. The van der Waals surface area contributed by atoms with Crippen LogP contribution in [-0.2, 0) is 4.79 Å². The van der Waals surface area contributed by atoms with Crippen molar-refractivity contribution in [1.29, 1.82) is 0 Å². The number of carboxylic acid groups (broad SMARTS) is 1. The fourth-order valence-corrected chi connectivity index (χ4v) is 2.72. The summed E-state index contributed by atoms with van der Waals surface area (Å²) in [6.45, 7) is 1.98. The van der Waals surface area contributed by atoms with Gasteiger partial charge in [0.1, 0.15) is 5.82 Å². The minimum atomic E-state index is -0.959. The monoisotopic (exact) mass is 345 g/mol. The number of halogens is 1. The molecule has 24 heavy (non-hydrogen) atoms. The number of hydrogen-bond acceptors (Lipinski definition) is 4. The van der Waals surface area contributed by atoms with Gasteiger partial charge in [0.05, 0.1) is 0 Å². The molecule has 1 aliphatic rings. The predicted molar refractivity (Wildman–Crippen MR) is 98.8 cm³/mol. The highest BCUT2D eigenvalue weighted by atomic mass is 35.5. The van der Waals surface area contributed by atoms with Crippen LogP contribution in [0.1, 0.15) is 12.0 Å². The SMILES string of the molecule is Cl.O=C(O)/C=C/c1ccc(N[C@@H]2CCN(c3ccccc3)C2)nc1. The smallest absolute Gasteiger partial charge is 0.328 e. The second-order valence-corrected chi connectivity index (χ2v) is 5.56. The van der Waals surface area contributed by atoms with E-state index in [1.165, 1.54) is 11.8 Å². The molecule has 126 valence electrons. The predicted octanol–water partition coefficient (Wildman–Crippen LogP) is 3.29. The topological polar surface area (TPSA) is 65.5 Å². The molecule has 1 aliphatic heterocycles. The summed E-state index contributed by atoms with van der Waals surface area (Å²) >= 11 is 0. The zero-order valence-corrected chi connectivity index (χ0v) is 13.9. The number of nitrogens with one attached hydrogen (secondary N) is 1. The van der Waals surface area contributed by atoms with E-state index >= 15 is 0 Å². The van der Waals surface area contributed by atoms with E-state index in [0.717, 1.165) is 37.0 Å². The lowest BCUT2D eigenvalue weighted by Gasteiger charge is -2.19. The van der Waals surface area contributed by atoms with Gasteiger partial charge in [-0.3, -0.25) is 0 Å². The number of aliphatic carboxylic acids is 1. The zero-order chi connectivity index (χ0) is 16.1. The highest BCUT2D eigenvalue weighted by Crippen LogP contribution is 2.21. The van der Waals surface area contributed by atoms with Crippen molar-refractivity contribution in [3.63, 3.8) is 0 Å². The van der Waals surface area contributed by atoms with Crippen LogP contribution in [0.2, 0.25) is 0 Å². The summed E-state index contributed by atoms with van der Waals surface area (Å²) in [5.41, 5.74) is 2.02. The number of hydrogen-bond donors (Lipinski definition) is 2. The van der Waals surface area contributed by atoms with Crippen molar-refractivity contribution in [2.45, 2.75) is 12.5 Å². The van der Waals surface area contributed by atoms with Crippen LogP contribution >= 0.6 is 12.4 Å². The van der Waals surface area contributed by atoms with Gasteiger partial charge in [0.25, 0.3) is 0 Å². The van der Waals surface area contributed by atoms with Gasteiger partial charge in [-0.15, -0.1) is 12.4 Å². The summed E-state index contributed by atoms with van der Waals surface area (Å²) in [7, 11) is 0. The maximum absolute atomic E-state index is 10.5. The number of anilines is 2. The molecule has 0 unspecified atom stereocenters. The Morgan fingerprint density at radius 2 is 2.04 bits per heavy atom. The van der Waals surface area contributed by atoms with Crippen molar-refractivity contribution in [2.24, 2.45) is 0 Å². The van der Waals surface area contributed by atoms with Gasteiger partial charge >= 0.3 is 5.97 Å². The summed E-state index contributed by atoms with van der Waals surface area (Å²) in [5.74, 6) is -0.142. The van der Waals surface area contributed by atoms with Crippen molar-refractivity contribution in [3.8, 4) is 0 Å². The van der Waals surface area contributed by atoms with Gasteiger partial charge in [-0.05, 0) is 42.3 Å². The van der Waals surface area contributed by atoms with Crippen LogP contribution in [0.5, 0.6) is 0 Å². The second kappa shape index (κ2) is 8.36. The number of carbonyl (C=O) groups is 1. The average Bonchev–Trinajstić information content (AvgIpc) is 3.03. The van der Waals surface area contributed by atoms with Crippen LogP contribution in [0.25, 0.3) is 6.08 Å². The molecular weight excluding hydrogens is 326 g/mol. The van der Waals surface area contributed by atoms with Gasteiger partial charge in [0.2, 0.25) is 0 Å². The third-order valence-corrected chi connectivity index (χ3v) is 3.87. The molecule has 1 atom stereocenters. The first-order valence-corrected chi connectivity index (χ1v) is 7.64. The molecule has 3 rings (SSSR count). The molecule has 1 aromatic heterocycles. The standard InChI is InChI=1S/C18H19N3O2.ClH/c22-18(23)9-7-14-6-8-17(19-12-14)20-15-10-11-21(13-15)16-4-2-1-3-5-16;/h1-9,12,15H,10-11,13H2,(H,19,20)(H,22,23);1H/b9-7+;/t15-;/m1./s1. The van der Waals surface area contributed by atoms with Crippen molar-refractivity contribution >= 4 is 36.0 Å². The minimum absolute atomic E-state index is 0. The molecule has 2 heterocycles. The fraction of sp³-hybridized carbons (Fsp3) is 0.222. The molecule has 6 heteroatoms. The van der Waals surface area contributed by atoms with Crippen molar-refractivity contribution in [2.75, 3.05) is 23.3 Å². The molecule has 2 aromatic rings. The van der Waals surface area contributed by atoms with Crippen LogP contribution in [0.4, 0.5) is 11.5 Å². The zero-order valence-electron chi connectivity index (χ0n) is 13.1. The summed E-state index contributed by atoms with van der Waals surface area (Å²) in [6, 6.07) is 14.5. The average molecular weight is 346 g/mol. The van der Waals surface area contributed by atoms with Crippen LogP contribution < -0.4 is 10.2 Å². The first-order valence-electron chi connectivity index (χ1n) is 7.64. The number of nitrogens with zero attached hydrogens (tertiary/aromatic N) is 2. The molecule has 0 amide bonds. The Hall–Kier alpha value is -2.53. The summed E-state index contributed by atoms with van der Waals surface area (Å²) in [4.78, 5) is 17.2. The van der Waals surface area contributed by atoms with E-state index in [1.54, 1.807) is 6.20 Å². The maximum Gasteiger partial charge on any atom is 0.328 e. The Bertz CT molecular complexity index is 689. The largest absolute Gasteiger partial charge is 0.478 e. The number of aromatic nitrogens is 1. The first kappa shape index (κ1) is 17.8. The molecular formula is C18H20ClN3O2. The number of para-hydroxylation sites is 1. The first-order chi connectivity index (χ1) is 11.2. The van der Waals surface area contributed by atoms with E-state index in [0.29, 0.717) is 6.04 Å². The second-order valence-electron chi connectivity index (χ2n) is 5.56. The normalized spacial score (nSPS) is 16.8. The Labute approximate surface area is 147 Å². The lowest BCUT2D eigenvalue weighted by atomic mass is 10.2. The van der Waals surface area contributed by atoms with Crippen molar-refractivity contribution < 1.29 is 9.90 Å². The van der Waals surface area contributed by atoms with Gasteiger partial charge < -0.3 is 15.3 Å². The molecule has 0 spiro atoms. The maximum atomic E-state index is 10.5. The lowest BCUT2D eigenvalue weighted by Crippen LogP contribution is -2.26. The number of rotatable bonds is 5. The molecule has 1 saturated heterocycles. The van der Waals surface area contributed by atoms with Crippen molar-refractivity contribution in [1.82, 2.24) is 4.98 Å². The molecule has 2 N–H and O–H groups in total. The van der Waals surface area contributed by atoms with Crippen molar-refractivity contribution in [3.05, 3.63) is 60.3 Å². The van der Waals surface area contributed by atoms with Gasteiger partial charge in [-0.2, -0.15) is 0 Å². The number of carboxylic acids is 1. The molecule has 1 aromatic carbocycles. The third kappa shape index (κ3) is 4.73. The van der Waals surface area contributed by atoms with Crippen LogP contribution in [-0.4, -0.2) is 35.2 Å². The summed E-state index contributed by atoms with van der Waals surface area (Å²) in [5, 5.41) is 12.1. The molecule has 0 bridgehead atoms. The Morgan fingerprint density at radius 1 is 1.25 bits per heavy atom. The molecule has 1 fully saturated rings. The molecule has 0 saturated carbocycles. The highest BCUT2D eigenvalue weighted by Gasteiger charge is 2.22. The van der Waals surface area contributed by atoms with Gasteiger partial charge in [-0.25, -0.2) is 9.78 Å². The van der Waals surface area contributed by atoms with E-state index in [-0.39, 0.29) is 12.4 Å². The minimum Gasteiger partial charge on any atom is -0.478 e. The lowest BCUT2D eigenvalue weighted by molar-refractivity contribution is -0.131. The number of benzene rings is 1. The van der Waals surface area contributed by atoms with E-state index in [9.17, 15) is 4.79 Å². The van der Waals surface area contributed by atoms with E-state index in [1.807, 2.05) is 18.2 Å². The Balaban J connectivity index is 0.00000208. The van der Waals surface area contributed by atoms with Crippen LogP contribution in [0, 0.1) is 0 Å². The van der Waals surface area contributed by atoms with E-state index in [4.69, 9.17) is 5.11 Å². The van der Waals surface area contributed by atoms with E-state index in [2.05, 4.69) is 39.5 Å². The number of pyridine rings is 1. The van der Waals surface area contributed by atoms with Gasteiger partial charge in [-0.1, -0.05) is 18.2 Å². The van der Waals surface area contributed by atoms with Crippen LogP contribution in [0.15, 0.2) is 54.7 Å². The summed E-state index contributed by atoms with van der Waals surface area (Å²) < 4.78 is 0. The Kier molecular flexibility index (Phi) is 6.21. The van der Waals surface area contributed by atoms with Gasteiger partial charge in [0.15, 0.2) is 0 Å². The van der Waals surface area contributed by atoms with E-state index < -0.39 is 5.97 Å². The highest BCUT2D eigenvalue weighted by molar-refractivity contribution is 5.85. The molecule has 5 nitrogen and oxygen atoms in total.